The molecule has 1 amide bonds. The van der Waals surface area contributed by atoms with Gasteiger partial charge in [0.1, 0.15) is 0 Å². The maximum absolute atomic E-state index is 11.6. The van der Waals surface area contributed by atoms with E-state index >= 15 is 0 Å². The lowest BCUT2D eigenvalue weighted by molar-refractivity contribution is 0.0954. The van der Waals surface area contributed by atoms with E-state index in [9.17, 15) is 4.79 Å². The molecule has 0 unspecified atom stereocenters. The number of aryl methyl sites for hydroxylation is 1. The van der Waals surface area contributed by atoms with Crippen LogP contribution in [0, 0.1) is 13.8 Å². The molecule has 0 aliphatic rings. The number of rotatable bonds is 3. The highest BCUT2D eigenvalue weighted by atomic mass is 35.5. The van der Waals surface area contributed by atoms with Gasteiger partial charge < -0.3 is 11.1 Å². The maximum Gasteiger partial charge on any atom is 0.251 e. The minimum atomic E-state index is -0.0448. The zero-order valence-corrected chi connectivity index (χ0v) is 9.86. The number of carbonyl (C=O) groups excluding carboxylic acids is 1. The molecule has 15 heavy (non-hydrogen) atoms. The Morgan fingerprint density at radius 1 is 1.40 bits per heavy atom. The molecule has 0 aromatic heterocycles. The van der Waals surface area contributed by atoms with Gasteiger partial charge in [0.2, 0.25) is 0 Å². The summed E-state index contributed by atoms with van der Waals surface area (Å²) in [4.78, 5) is 11.6. The number of nitrogens with two attached hydrogens (primary N) is 1. The molecule has 1 aromatic carbocycles. The third-order valence-corrected chi connectivity index (χ3v) is 2.28. The molecule has 3 nitrogen and oxygen atoms in total. The highest BCUT2D eigenvalue weighted by Crippen LogP contribution is 2.12. The van der Waals surface area contributed by atoms with E-state index in [4.69, 9.17) is 5.73 Å². The summed E-state index contributed by atoms with van der Waals surface area (Å²) in [7, 11) is 0. The van der Waals surface area contributed by atoms with Crippen LogP contribution < -0.4 is 11.1 Å². The van der Waals surface area contributed by atoms with Gasteiger partial charge in [0, 0.05) is 18.7 Å². The average Bonchev–Trinajstić information content (AvgIpc) is 2.18. The highest BCUT2D eigenvalue weighted by molar-refractivity contribution is 5.95. The van der Waals surface area contributed by atoms with Crippen molar-refractivity contribution >= 4 is 18.3 Å². The lowest BCUT2D eigenvalue weighted by atomic mass is 10.0. The number of benzene rings is 1. The van der Waals surface area contributed by atoms with Crippen molar-refractivity contribution in [3.05, 3.63) is 34.9 Å². The third kappa shape index (κ3) is 3.53. The van der Waals surface area contributed by atoms with Crippen LogP contribution in [-0.4, -0.2) is 19.0 Å². The van der Waals surface area contributed by atoms with E-state index in [-0.39, 0.29) is 18.3 Å². The summed E-state index contributed by atoms with van der Waals surface area (Å²) < 4.78 is 0. The molecule has 0 bridgehead atoms. The van der Waals surface area contributed by atoms with Gasteiger partial charge in [-0.3, -0.25) is 4.79 Å². The van der Waals surface area contributed by atoms with E-state index in [2.05, 4.69) is 5.32 Å². The van der Waals surface area contributed by atoms with E-state index in [1.54, 1.807) is 0 Å². The largest absolute Gasteiger partial charge is 0.351 e. The number of amides is 1. The van der Waals surface area contributed by atoms with Gasteiger partial charge in [-0.05, 0) is 31.0 Å². The van der Waals surface area contributed by atoms with Gasteiger partial charge in [0.25, 0.3) is 5.91 Å². The smallest absolute Gasteiger partial charge is 0.251 e. The molecule has 0 spiro atoms. The summed E-state index contributed by atoms with van der Waals surface area (Å²) in [5.74, 6) is -0.0448. The van der Waals surface area contributed by atoms with Gasteiger partial charge in [0.05, 0.1) is 0 Å². The molecule has 3 N–H and O–H groups in total. The maximum atomic E-state index is 11.6. The molecule has 0 saturated carbocycles. The molecule has 4 heteroatoms. The molecule has 0 aliphatic carbocycles. The molecular weight excluding hydrogens is 212 g/mol. The van der Waals surface area contributed by atoms with Crippen LogP contribution >= 0.6 is 12.4 Å². The number of nitrogens with one attached hydrogen (secondary N) is 1. The monoisotopic (exact) mass is 228 g/mol. The van der Waals surface area contributed by atoms with Crippen molar-refractivity contribution in [1.82, 2.24) is 5.32 Å². The fourth-order valence-electron chi connectivity index (χ4n) is 1.28. The normalized spacial score (nSPS) is 9.27. The lowest BCUT2D eigenvalue weighted by Gasteiger charge is -2.08. The summed E-state index contributed by atoms with van der Waals surface area (Å²) in [5.41, 5.74) is 8.20. The Morgan fingerprint density at radius 3 is 2.67 bits per heavy atom. The van der Waals surface area contributed by atoms with E-state index in [1.165, 1.54) is 0 Å². The Hall–Kier alpha value is -1.06. The van der Waals surface area contributed by atoms with Gasteiger partial charge >= 0.3 is 0 Å². The summed E-state index contributed by atoms with van der Waals surface area (Å²) >= 11 is 0. The second-order valence-corrected chi connectivity index (χ2v) is 3.29. The zero-order valence-electron chi connectivity index (χ0n) is 9.04. The Kier molecular flexibility index (Phi) is 5.97. The number of hydrogen-bond acceptors (Lipinski definition) is 2. The fourth-order valence-corrected chi connectivity index (χ4v) is 1.28. The second-order valence-electron chi connectivity index (χ2n) is 3.29. The average molecular weight is 229 g/mol. The number of hydrogen-bond donors (Lipinski definition) is 2. The van der Waals surface area contributed by atoms with Crippen molar-refractivity contribution in [3.63, 3.8) is 0 Å². The Morgan fingerprint density at radius 2 is 2.07 bits per heavy atom. The number of carbonyl (C=O) groups is 1. The van der Waals surface area contributed by atoms with Gasteiger partial charge in [-0.25, -0.2) is 0 Å². The summed E-state index contributed by atoms with van der Waals surface area (Å²) in [6.45, 7) is 4.94. The van der Waals surface area contributed by atoms with Crippen LogP contribution in [0.3, 0.4) is 0 Å². The topological polar surface area (TPSA) is 55.1 Å². The Bertz CT molecular complexity index is 339. The van der Waals surface area contributed by atoms with Gasteiger partial charge in [-0.2, -0.15) is 0 Å². The van der Waals surface area contributed by atoms with E-state index < -0.39 is 0 Å². The van der Waals surface area contributed by atoms with E-state index in [0.29, 0.717) is 13.1 Å². The molecule has 0 saturated heterocycles. The first-order valence-corrected chi connectivity index (χ1v) is 4.71. The van der Waals surface area contributed by atoms with Crippen LogP contribution in [0.1, 0.15) is 21.5 Å². The zero-order chi connectivity index (χ0) is 10.6. The van der Waals surface area contributed by atoms with Crippen LogP contribution in [0.4, 0.5) is 0 Å². The molecule has 0 atom stereocenters. The van der Waals surface area contributed by atoms with Crippen LogP contribution in [0.5, 0.6) is 0 Å². The molecule has 0 aliphatic heterocycles. The van der Waals surface area contributed by atoms with E-state index in [1.807, 2.05) is 32.0 Å². The molecule has 1 aromatic rings. The highest BCUT2D eigenvalue weighted by Gasteiger charge is 2.08. The molecule has 0 heterocycles. The lowest BCUT2D eigenvalue weighted by Crippen LogP contribution is -2.29. The first-order valence-electron chi connectivity index (χ1n) is 4.71. The summed E-state index contributed by atoms with van der Waals surface area (Å²) in [6.07, 6.45) is 0. The van der Waals surface area contributed by atoms with Crippen molar-refractivity contribution < 1.29 is 4.79 Å². The minimum absolute atomic E-state index is 0. The minimum Gasteiger partial charge on any atom is -0.351 e. The first kappa shape index (κ1) is 13.9. The second kappa shape index (κ2) is 6.43. The van der Waals surface area contributed by atoms with Crippen molar-refractivity contribution in [1.29, 1.82) is 0 Å². The van der Waals surface area contributed by atoms with E-state index in [0.717, 1.165) is 16.7 Å². The molecule has 0 fully saturated rings. The third-order valence-electron chi connectivity index (χ3n) is 2.28. The summed E-state index contributed by atoms with van der Waals surface area (Å²) in [5, 5.41) is 2.75. The van der Waals surface area contributed by atoms with Crippen LogP contribution in [0.2, 0.25) is 0 Å². The quantitative estimate of drug-likeness (QED) is 0.822. The van der Waals surface area contributed by atoms with Crippen molar-refractivity contribution in [3.8, 4) is 0 Å². The molecular formula is C11H17ClN2O. The Labute approximate surface area is 96.5 Å². The van der Waals surface area contributed by atoms with Crippen molar-refractivity contribution in [2.24, 2.45) is 5.73 Å². The summed E-state index contributed by atoms with van der Waals surface area (Å²) in [6, 6.07) is 5.71. The van der Waals surface area contributed by atoms with Crippen LogP contribution in [-0.2, 0) is 0 Å². The number of halogens is 1. The molecule has 84 valence electrons. The van der Waals surface area contributed by atoms with Crippen molar-refractivity contribution in [2.45, 2.75) is 13.8 Å². The van der Waals surface area contributed by atoms with Crippen LogP contribution in [0.15, 0.2) is 18.2 Å². The molecule has 0 radical (unpaired) electrons. The standard InChI is InChI=1S/C11H16N2O.ClH/c1-8-4-3-5-10(9(8)2)11(14)13-7-6-12;/h3-5H,6-7,12H2,1-2H3,(H,13,14);1H. The van der Waals surface area contributed by atoms with Gasteiger partial charge in [-0.1, -0.05) is 12.1 Å². The fraction of sp³-hybridized carbons (Fsp3) is 0.364. The van der Waals surface area contributed by atoms with Crippen molar-refractivity contribution in [2.75, 3.05) is 13.1 Å². The first-order chi connectivity index (χ1) is 6.66. The SMILES string of the molecule is Cc1cccc(C(=O)NCCN)c1C.Cl. The van der Waals surface area contributed by atoms with Gasteiger partial charge in [0.15, 0.2) is 0 Å². The Balaban J connectivity index is 0.00000196. The predicted octanol–water partition coefficient (Wildman–Crippen LogP) is 1.41. The van der Waals surface area contributed by atoms with Crippen LogP contribution in [0.25, 0.3) is 0 Å². The molecule has 1 rings (SSSR count). The van der Waals surface area contributed by atoms with Gasteiger partial charge in [-0.15, -0.1) is 12.4 Å². The predicted molar refractivity (Wildman–Crippen MR) is 64.6 cm³/mol.